The van der Waals surface area contributed by atoms with Gasteiger partial charge in [0.15, 0.2) is 0 Å². The van der Waals surface area contributed by atoms with Crippen molar-refractivity contribution >= 4 is 5.91 Å². The second kappa shape index (κ2) is 8.99. The molecule has 1 N–H and O–H groups in total. The molecule has 2 aliphatic rings. The van der Waals surface area contributed by atoms with Crippen molar-refractivity contribution in [2.24, 2.45) is 5.92 Å². The molecule has 0 spiro atoms. The quantitative estimate of drug-likeness (QED) is 0.727. The summed E-state index contributed by atoms with van der Waals surface area (Å²) in [7, 11) is 1.52. The standard InChI is InChI=1S/C20H29FN2O4/c1-26-15-19(24)23-11-8-20(25)7-10-22(13-16(20)14-23)9-2-12-27-18-5-3-17(21)4-6-18/h3-6,16,25H,2,7-15H2,1H3/t16-,20-/m1/s1. The number of nitrogens with zero attached hydrogens (tertiary/aromatic N) is 2. The van der Waals surface area contributed by atoms with Crippen molar-refractivity contribution < 1.29 is 23.8 Å². The van der Waals surface area contributed by atoms with E-state index in [9.17, 15) is 14.3 Å². The van der Waals surface area contributed by atoms with Crippen molar-refractivity contribution in [1.29, 1.82) is 0 Å². The van der Waals surface area contributed by atoms with E-state index in [1.165, 1.54) is 19.2 Å². The molecule has 2 atom stereocenters. The fourth-order valence-corrected chi connectivity index (χ4v) is 4.02. The lowest BCUT2D eigenvalue weighted by Crippen LogP contribution is -2.61. The summed E-state index contributed by atoms with van der Waals surface area (Å²) in [5.41, 5.74) is -0.662. The van der Waals surface area contributed by atoms with Crippen LogP contribution in [0.4, 0.5) is 4.39 Å². The van der Waals surface area contributed by atoms with E-state index in [0.717, 1.165) is 32.5 Å². The molecule has 150 valence electrons. The predicted octanol–water partition coefficient (Wildman–Crippen LogP) is 1.53. The van der Waals surface area contributed by atoms with Gasteiger partial charge in [0.05, 0.1) is 12.2 Å². The molecule has 1 aromatic carbocycles. The van der Waals surface area contributed by atoms with Crippen molar-refractivity contribution in [1.82, 2.24) is 9.80 Å². The molecule has 0 aliphatic carbocycles. The molecule has 0 aromatic heterocycles. The average Bonchev–Trinajstić information content (AvgIpc) is 2.66. The Hall–Kier alpha value is -1.70. The molecule has 0 unspecified atom stereocenters. The Labute approximate surface area is 159 Å². The molecule has 3 rings (SSSR count). The van der Waals surface area contributed by atoms with Gasteiger partial charge in [0.25, 0.3) is 0 Å². The number of amides is 1. The minimum Gasteiger partial charge on any atom is -0.494 e. The Morgan fingerprint density at radius 3 is 2.74 bits per heavy atom. The van der Waals surface area contributed by atoms with E-state index in [2.05, 4.69) is 4.90 Å². The van der Waals surface area contributed by atoms with E-state index in [1.807, 2.05) is 4.90 Å². The summed E-state index contributed by atoms with van der Waals surface area (Å²) in [6.45, 7) is 4.35. The van der Waals surface area contributed by atoms with Crippen LogP contribution in [0.5, 0.6) is 5.75 Å². The molecule has 2 heterocycles. The smallest absolute Gasteiger partial charge is 0.248 e. The summed E-state index contributed by atoms with van der Waals surface area (Å²) < 4.78 is 23.5. The van der Waals surface area contributed by atoms with Crippen LogP contribution >= 0.6 is 0 Å². The maximum absolute atomic E-state index is 12.9. The SMILES string of the molecule is COCC(=O)N1CC[C@]2(O)CCN(CCCOc3ccc(F)cc3)C[C@@H]2C1. The molecule has 0 saturated carbocycles. The minimum absolute atomic E-state index is 0.00984. The molecule has 0 radical (unpaired) electrons. The Morgan fingerprint density at radius 2 is 2.00 bits per heavy atom. The van der Waals surface area contributed by atoms with Gasteiger partial charge in [-0.15, -0.1) is 0 Å². The van der Waals surface area contributed by atoms with Crippen LogP contribution in [0.2, 0.25) is 0 Å². The molecule has 7 heteroatoms. The monoisotopic (exact) mass is 380 g/mol. The van der Waals surface area contributed by atoms with Crippen molar-refractivity contribution in [3.05, 3.63) is 30.1 Å². The van der Waals surface area contributed by atoms with Gasteiger partial charge in [0.2, 0.25) is 5.91 Å². The van der Waals surface area contributed by atoms with Crippen LogP contribution in [0, 0.1) is 11.7 Å². The topological polar surface area (TPSA) is 62.2 Å². The van der Waals surface area contributed by atoms with Gasteiger partial charge >= 0.3 is 0 Å². The number of carbonyl (C=O) groups excluding carboxylic acids is 1. The van der Waals surface area contributed by atoms with Crippen molar-refractivity contribution in [3.8, 4) is 5.75 Å². The summed E-state index contributed by atoms with van der Waals surface area (Å²) in [5, 5.41) is 10.9. The average molecular weight is 380 g/mol. The van der Waals surface area contributed by atoms with Crippen LogP contribution in [0.3, 0.4) is 0 Å². The summed E-state index contributed by atoms with van der Waals surface area (Å²) >= 11 is 0. The third-order valence-corrected chi connectivity index (χ3v) is 5.68. The van der Waals surface area contributed by atoms with Crippen molar-refractivity contribution in [2.75, 3.05) is 53.0 Å². The molecule has 0 bridgehead atoms. The largest absolute Gasteiger partial charge is 0.494 e. The predicted molar refractivity (Wildman–Crippen MR) is 99.1 cm³/mol. The molecular formula is C20H29FN2O4. The number of piperidine rings is 2. The first-order valence-electron chi connectivity index (χ1n) is 9.60. The number of likely N-dealkylation sites (tertiary alicyclic amines) is 2. The number of hydrogen-bond acceptors (Lipinski definition) is 5. The van der Waals surface area contributed by atoms with Gasteiger partial charge in [-0.05, 0) is 43.5 Å². The number of aliphatic hydroxyl groups is 1. The summed E-state index contributed by atoms with van der Waals surface area (Å²) in [6.07, 6.45) is 2.23. The summed E-state index contributed by atoms with van der Waals surface area (Å²) in [5.74, 6) is 0.459. The Balaban J connectivity index is 1.44. The Bertz CT molecular complexity index is 627. The van der Waals surface area contributed by atoms with Gasteiger partial charge in [-0.3, -0.25) is 4.79 Å². The van der Waals surface area contributed by atoms with E-state index in [1.54, 1.807) is 12.1 Å². The summed E-state index contributed by atoms with van der Waals surface area (Å²) in [6, 6.07) is 6.04. The van der Waals surface area contributed by atoms with Gasteiger partial charge in [-0.1, -0.05) is 0 Å². The lowest BCUT2D eigenvalue weighted by Gasteiger charge is -2.50. The fraction of sp³-hybridized carbons (Fsp3) is 0.650. The molecule has 27 heavy (non-hydrogen) atoms. The Kier molecular flexibility index (Phi) is 6.68. The van der Waals surface area contributed by atoms with Gasteiger partial charge in [-0.2, -0.15) is 0 Å². The second-order valence-corrected chi connectivity index (χ2v) is 7.53. The minimum atomic E-state index is -0.662. The van der Waals surface area contributed by atoms with Crippen LogP contribution in [-0.4, -0.2) is 79.5 Å². The maximum atomic E-state index is 12.9. The lowest BCUT2D eigenvalue weighted by atomic mass is 9.75. The third-order valence-electron chi connectivity index (χ3n) is 5.68. The zero-order valence-electron chi connectivity index (χ0n) is 15.9. The van der Waals surface area contributed by atoms with E-state index >= 15 is 0 Å². The van der Waals surface area contributed by atoms with Crippen LogP contribution < -0.4 is 4.74 Å². The van der Waals surface area contributed by atoms with Crippen molar-refractivity contribution in [3.63, 3.8) is 0 Å². The van der Waals surface area contributed by atoms with E-state index < -0.39 is 5.60 Å². The maximum Gasteiger partial charge on any atom is 0.248 e. The number of methoxy groups -OCH3 is 1. The molecule has 6 nitrogen and oxygen atoms in total. The molecule has 1 amide bonds. The second-order valence-electron chi connectivity index (χ2n) is 7.53. The Morgan fingerprint density at radius 1 is 1.26 bits per heavy atom. The van der Waals surface area contributed by atoms with Crippen molar-refractivity contribution in [2.45, 2.75) is 24.9 Å². The van der Waals surface area contributed by atoms with Crippen LogP contribution in [0.15, 0.2) is 24.3 Å². The number of hydrogen-bond donors (Lipinski definition) is 1. The van der Waals surface area contributed by atoms with E-state index in [-0.39, 0.29) is 24.2 Å². The van der Waals surface area contributed by atoms with Gasteiger partial charge in [-0.25, -0.2) is 4.39 Å². The van der Waals surface area contributed by atoms with Crippen LogP contribution in [-0.2, 0) is 9.53 Å². The van der Waals surface area contributed by atoms with Gasteiger partial charge < -0.3 is 24.4 Å². The highest BCUT2D eigenvalue weighted by atomic mass is 19.1. The number of fused-ring (bicyclic) bond motifs is 1. The highest BCUT2D eigenvalue weighted by Crippen LogP contribution is 2.35. The lowest BCUT2D eigenvalue weighted by molar-refractivity contribution is -0.150. The first-order valence-corrected chi connectivity index (χ1v) is 9.60. The number of benzene rings is 1. The number of ether oxygens (including phenoxy) is 2. The third kappa shape index (κ3) is 5.18. The van der Waals surface area contributed by atoms with Gasteiger partial charge in [0.1, 0.15) is 18.2 Å². The molecule has 2 saturated heterocycles. The highest BCUT2D eigenvalue weighted by Gasteiger charge is 2.45. The van der Waals surface area contributed by atoms with E-state index in [4.69, 9.17) is 9.47 Å². The highest BCUT2D eigenvalue weighted by molar-refractivity contribution is 5.77. The number of halogens is 1. The summed E-state index contributed by atoms with van der Waals surface area (Å²) in [4.78, 5) is 16.2. The number of carbonyl (C=O) groups is 1. The first kappa shape index (κ1) is 20.0. The fourth-order valence-electron chi connectivity index (χ4n) is 4.02. The zero-order chi connectivity index (χ0) is 19.3. The zero-order valence-corrected chi connectivity index (χ0v) is 15.9. The van der Waals surface area contributed by atoms with Gasteiger partial charge in [0, 0.05) is 45.8 Å². The normalized spacial score (nSPS) is 25.9. The first-order chi connectivity index (χ1) is 13.0. The van der Waals surface area contributed by atoms with Crippen LogP contribution in [0.25, 0.3) is 0 Å². The number of rotatable bonds is 7. The molecular weight excluding hydrogens is 351 g/mol. The molecule has 2 aliphatic heterocycles. The molecule has 1 aromatic rings. The molecule has 2 fully saturated rings. The van der Waals surface area contributed by atoms with E-state index in [0.29, 0.717) is 31.9 Å². The van der Waals surface area contributed by atoms with Crippen LogP contribution in [0.1, 0.15) is 19.3 Å².